The first-order valence-electron chi connectivity index (χ1n) is 9.50. The van der Waals surface area contributed by atoms with Crippen molar-refractivity contribution in [2.75, 3.05) is 6.54 Å². The van der Waals surface area contributed by atoms with Crippen molar-refractivity contribution in [3.05, 3.63) is 82.9 Å². The minimum Gasteiger partial charge on any atom is -0.348 e. The van der Waals surface area contributed by atoms with Gasteiger partial charge in [0, 0.05) is 24.9 Å². The molecule has 0 spiro atoms. The van der Waals surface area contributed by atoms with Crippen LogP contribution in [0.1, 0.15) is 32.8 Å². The highest BCUT2D eigenvalue weighted by molar-refractivity contribution is 7.18. The predicted molar refractivity (Wildman–Crippen MR) is 110 cm³/mol. The Hall–Kier alpha value is -3.59. The molecule has 7 nitrogen and oxygen atoms in total. The van der Waals surface area contributed by atoms with E-state index in [9.17, 15) is 9.18 Å². The van der Waals surface area contributed by atoms with Crippen LogP contribution in [0.3, 0.4) is 0 Å². The molecule has 148 valence electrons. The quantitative estimate of drug-likeness (QED) is 0.475. The number of nitrogens with zero attached hydrogens (tertiary/aromatic N) is 5. The van der Waals surface area contributed by atoms with E-state index in [1.54, 1.807) is 28.0 Å². The number of nitrogens with one attached hydrogen (secondary N) is 1. The standard InChI is InChI=1S/C21H15FN6OS/c22-12-4-5-14-17(9-12)30-20(26-14)19-18-15(23-11-24-18)6-8-27(19)21(29)13-10-25-28-7-2-1-3-16(13)28/h1-5,7,9-11,19H,6,8H2,(H,23,24)/t19-/m0/s1. The predicted octanol–water partition coefficient (Wildman–Crippen LogP) is 3.59. The summed E-state index contributed by atoms with van der Waals surface area (Å²) < 4.78 is 16.1. The summed E-state index contributed by atoms with van der Waals surface area (Å²) in [6.45, 7) is 0.521. The minimum atomic E-state index is -0.438. The summed E-state index contributed by atoms with van der Waals surface area (Å²) in [6.07, 6.45) is 5.74. The maximum absolute atomic E-state index is 13.7. The van der Waals surface area contributed by atoms with Crippen LogP contribution < -0.4 is 0 Å². The number of fused-ring (bicyclic) bond motifs is 3. The lowest BCUT2D eigenvalue weighted by Crippen LogP contribution is -2.40. The molecule has 1 N–H and O–H groups in total. The number of H-pyrrole nitrogens is 1. The number of imidazole rings is 1. The molecule has 0 aliphatic carbocycles. The van der Waals surface area contributed by atoms with E-state index in [2.05, 4.69) is 15.1 Å². The summed E-state index contributed by atoms with van der Waals surface area (Å²) in [5, 5.41) is 5.02. The summed E-state index contributed by atoms with van der Waals surface area (Å²) in [4.78, 5) is 27.8. The van der Waals surface area contributed by atoms with Gasteiger partial charge in [0.1, 0.15) is 16.9 Å². The SMILES string of the molecule is O=C(c1cnn2ccccc12)N1CCc2[nH]cnc2[C@H]1c1nc2ccc(F)cc2s1. The fraction of sp³-hybridized carbons (Fsp3) is 0.143. The van der Waals surface area contributed by atoms with Gasteiger partial charge in [-0.3, -0.25) is 4.79 Å². The molecule has 1 aliphatic heterocycles. The number of aromatic nitrogens is 5. The third-order valence-corrected chi connectivity index (χ3v) is 6.51. The van der Waals surface area contributed by atoms with Crippen LogP contribution in [0.4, 0.5) is 4.39 Å². The number of aromatic amines is 1. The summed E-state index contributed by atoms with van der Waals surface area (Å²) in [5.74, 6) is -0.429. The van der Waals surface area contributed by atoms with Crippen LogP contribution in [0.5, 0.6) is 0 Å². The highest BCUT2D eigenvalue weighted by Crippen LogP contribution is 2.38. The first-order valence-corrected chi connectivity index (χ1v) is 10.3. The van der Waals surface area contributed by atoms with Gasteiger partial charge in [0.2, 0.25) is 0 Å². The van der Waals surface area contributed by atoms with Crippen LogP contribution in [0.15, 0.2) is 55.1 Å². The molecule has 0 fully saturated rings. The van der Waals surface area contributed by atoms with Crippen LogP contribution in [0, 0.1) is 5.82 Å². The van der Waals surface area contributed by atoms with E-state index >= 15 is 0 Å². The number of hydrogen-bond acceptors (Lipinski definition) is 5. The number of hydrogen-bond donors (Lipinski definition) is 1. The Bertz CT molecular complexity index is 1420. The van der Waals surface area contributed by atoms with Gasteiger partial charge >= 0.3 is 0 Å². The molecule has 0 unspecified atom stereocenters. The molecule has 1 atom stereocenters. The second-order valence-corrected chi connectivity index (χ2v) is 8.23. The van der Waals surface area contributed by atoms with Gasteiger partial charge in [0.15, 0.2) is 0 Å². The molecule has 1 aromatic carbocycles. The highest BCUT2D eigenvalue weighted by Gasteiger charge is 2.37. The zero-order valence-electron chi connectivity index (χ0n) is 15.6. The van der Waals surface area contributed by atoms with Crippen LogP contribution in [0.2, 0.25) is 0 Å². The van der Waals surface area contributed by atoms with E-state index < -0.39 is 6.04 Å². The van der Waals surface area contributed by atoms with E-state index in [-0.39, 0.29) is 11.7 Å². The second-order valence-electron chi connectivity index (χ2n) is 7.17. The molecular formula is C21H15FN6OS. The largest absolute Gasteiger partial charge is 0.348 e. The number of amides is 1. The van der Waals surface area contributed by atoms with Gasteiger partial charge in [-0.15, -0.1) is 11.3 Å². The van der Waals surface area contributed by atoms with E-state index in [4.69, 9.17) is 4.98 Å². The van der Waals surface area contributed by atoms with Crippen molar-refractivity contribution in [1.82, 2.24) is 29.5 Å². The number of pyridine rings is 1. The van der Waals surface area contributed by atoms with Crippen LogP contribution in [-0.2, 0) is 6.42 Å². The Balaban J connectivity index is 1.49. The molecular weight excluding hydrogens is 403 g/mol. The molecule has 1 amide bonds. The van der Waals surface area contributed by atoms with Crippen molar-refractivity contribution in [3.63, 3.8) is 0 Å². The fourth-order valence-corrected chi connectivity index (χ4v) is 5.14. The lowest BCUT2D eigenvalue weighted by molar-refractivity contribution is 0.0692. The van der Waals surface area contributed by atoms with Gasteiger partial charge in [0.05, 0.1) is 39.5 Å². The first kappa shape index (κ1) is 17.3. The fourth-order valence-electron chi connectivity index (χ4n) is 4.03. The van der Waals surface area contributed by atoms with Crippen LogP contribution >= 0.6 is 11.3 Å². The lowest BCUT2D eigenvalue weighted by Gasteiger charge is -2.33. The van der Waals surface area contributed by atoms with Gasteiger partial charge < -0.3 is 9.88 Å². The minimum absolute atomic E-state index is 0.125. The Morgan fingerprint density at radius 3 is 3.13 bits per heavy atom. The highest BCUT2D eigenvalue weighted by atomic mass is 32.1. The lowest BCUT2D eigenvalue weighted by atomic mass is 10.0. The molecule has 9 heteroatoms. The monoisotopic (exact) mass is 418 g/mol. The molecule has 1 aliphatic rings. The van der Waals surface area contributed by atoms with E-state index in [1.165, 1.54) is 23.5 Å². The molecule has 0 radical (unpaired) electrons. The Kier molecular flexibility index (Phi) is 3.72. The van der Waals surface area contributed by atoms with Crippen LogP contribution in [0.25, 0.3) is 15.7 Å². The number of halogens is 1. The van der Waals surface area contributed by atoms with Crippen LogP contribution in [-0.4, -0.2) is 41.9 Å². The van der Waals surface area contributed by atoms with Gasteiger partial charge in [-0.2, -0.15) is 5.10 Å². The van der Waals surface area contributed by atoms with E-state index in [0.29, 0.717) is 29.1 Å². The maximum Gasteiger partial charge on any atom is 0.258 e. The summed E-state index contributed by atoms with van der Waals surface area (Å²) in [6, 6.07) is 9.72. The van der Waals surface area contributed by atoms with E-state index in [1.807, 2.05) is 24.4 Å². The average Bonchev–Trinajstić information content (AvgIpc) is 3.49. The molecule has 0 saturated carbocycles. The van der Waals surface area contributed by atoms with Crippen molar-refractivity contribution in [2.45, 2.75) is 12.5 Å². The van der Waals surface area contributed by atoms with E-state index in [0.717, 1.165) is 21.6 Å². The second kappa shape index (κ2) is 6.46. The summed E-state index contributed by atoms with van der Waals surface area (Å²) in [7, 11) is 0. The smallest absolute Gasteiger partial charge is 0.258 e. The third kappa shape index (κ3) is 2.55. The average molecular weight is 418 g/mol. The number of thiazole rings is 1. The van der Waals surface area contributed by atoms with Crippen molar-refractivity contribution in [2.24, 2.45) is 0 Å². The molecule has 5 heterocycles. The Morgan fingerprint density at radius 1 is 1.27 bits per heavy atom. The zero-order chi connectivity index (χ0) is 20.2. The molecule has 5 aromatic rings. The van der Waals surface area contributed by atoms with Gasteiger partial charge in [-0.05, 0) is 30.3 Å². The number of rotatable bonds is 2. The first-order chi connectivity index (χ1) is 14.7. The maximum atomic E-state index is 13.7. The van der Waals surface area contributed by atoms with Crippen molar-refractivity contribution in [3.8, 4) is 0 Å². The molecule has 30 heavy (non-hydrogen) atoms. The number of benzene rings is 1. The van der Waals surface area contributed by atoms with Crippen molar-refractivity contribution >= 4 is 33.0 Å². The van der Waals surface area contributed by atoms with Crippen molar-refractivity contribution < 1.29 is 9.18 Å². The molecule has 0 saturated heterocycles. The Morgan fingerprint density at radius 2 is 2.20 bits per heavy atom. The normalized spacial score (nSPS) is 16.3. The molecule has 4 aromatic heterocycles. The third-order valence-electron chi connectivity index (χ3n) is 5.44. The van der Waals surface area contributed by atoms with Gasteiger partial charge in [0.25, 0.3) is 5.91 Å². The number of carbonyl (C=O) groups is 1. The number of carbonyl (C=O) groups excluding carboxylic acids is 1. The molecule has 0 bridgehead atoms. The topological polar surface area (TPSA) is 79.2 Å². The zero-order valence-corrected chi connectivity index (χ0v) is 16.4. The molecule has 6 rings (SSSR count). The van der Waals surface area contributed by atoms with Gasteiger partial charge in [-0.25, -0.2) is 18.9 Å². The Labute approximate surface area is 173 Å². The summed E-state index contributed by atoms with van der Waals surface area (Å²) in [5.41, 5.74) is 3.77. The van der Waals surface area contributed by atoms with Crippen molar-refractivity contribution in [1.29, 1.82) is 0 Å². The van der Waals surface area contributed by atoms with Gasteiger partial charge in [-0.1, -0.05) is 6.07 Å². The summed E-state index contributed by atoms with van der Waals surface area (Å²) >= 11 is 1.39.